The van der Waals surface area contributed by atoms with Gasteiger partial charge < -0.3 is 5.11 Å². The van der Waals surface area contributed by atoms with E-state index in [0.29, 0.717) is 16.0 Å². The number of rotatable bonds is 3. The first-order valence-corrected chi connectivity index (χ1v) is 6.42. The van der Waals surface area contributed by atoms with E-state index < -0.39 is 5.60 Å². The van der Waals surface area contributed by atoms with Crippen LogP contribution in [0.1, 0.15) is 38.2 Å². The van der Waals surface area contributed by atoms with Crippen LogP contribution in [0.15, 0.2) is 18.2 Å². The molecule has 1 aliphatic rings. The quantitative estimate of drug-likeness (QED) is 0.853. The number of hydrogen-bond donors (Lipinski definition) is 1. The Morgan fingerprint density at radius 2 is 2.00 bits per heavy atom. The molecule has 0 bridgehead atoms. The van der Waals surface area contributed by atoms with Crippen molar-refractivity contribution in [1.82, 2.24) is 0 Å². The summed E-state index contributed by atoms with van der Waals surface area (Å²) in [6.45, 7) is 1.85. The van der Waals surface area contributed by atoms with Gasteiger partial charge in [-0.25, -0.2) is 0 Å². The molecule has 0 radical (unpaired) electrons. The Morgan fingerprint density at radius 1 is 1.31 bits per heavy atom. The Balaban J connectivity index is 2.16. The molecule has 1 aromatic rings. The van der Waals surface area contributed by atoms with Gasteiger partial charge in [-0.05, 0) is 37.0 Å². The summed E-state index contributed by atoms with van der Waals surface area (Å²) in [5.41, 5.74) is 0.0630. The SMILES string of the molecule is CC(O)(CC1CCC1)c1ccc(Cl)c(Cl)c1. The fourth-order valence-electron chi connectivity index (χ4n) is 2.21. The number of benzene rings is 1. The zero-order valence-electron chi connectivity index (χ0n) is 9.34. The maximum atomic E-state index is 10.4. The molecule has 3 heteroatoms. The monoisotopic (exact) mass is 258 g/mol. The van der Waals surface area contributed by atoms with E-state index in [9.17, 15) is 5.11 Å². The third-order valence-electron chi connectivity index (χ3n) is 3.45. The summed E-state index contributed by atoms with van der Waals surface area (Å²) < 4.78 is 0. The zero-order chi connectivity index (χ0) is 11.8. The molecular formula is C13H16Cl2O. The standard InChI is InChI=1S/C13H16Cl2O/c1-13(16,8-9-3-2-4-9)10-5-6-11(14)12(15)7-10/h5-7,9,16H,2-4,8H2,1H3. The average Bonchev–Trinajstić information content (AvgIpc) is 2.16. The molecule has 1 aliphatic carbocycles. The molecule has 0 saturated heterocycles. The van der Waals surface area contributed by atoms with Crippen LogP contribution in [0.4, 0.5) is 0 Å². The largest absolute Gasteiger partial charge is 0.385 e. The molecule has 1 saturated carbocycles. The number of halogens is 2. The van der Waals surface area contributed by atoms with Crippen molar-refractivity contribution >= 4 is 23.2 Å². The molecular weight excluding hydrogens is 243 g/mol. The van der Waals surface area contributed by atoms with Crippen molar-refractivity contribution in [3.8, 4) is 0 Å². The molecule has 88 valence electrons. The normalized spacial score (nSPS) is 20.2. The molecule has 1 unspecified atom stereocenters. The van der Waals surface area contributed by atoms with Gasteiger partial charge in [-0.15, -0.1) is 0 Å². The summed E-state index contributed by atoms with van der Waals surface area (Å²) in [7, 11) is 0. The Kier molecular flexibility index (Phi) is 3.48. The minimum absolute atomic E-state index is 0.507. The molecule has 0 spiro atoms. The van der Waals surface area contributed by atoms with Gasteiger partial charge >= 0.3 is 0 Å². The van der Waals surface area contributed by atoms with Crippen LogP contribution in [0.3, 0.4) is 0 Å². The Labute approximate surface area is 106 Å². The fraction of sp³-hybridized carbons (Fsp3) is 0.538. The van der Waals surface area contributed by atoms with Crippen LogP contribution in [0.5, 0.6) is 0 Å². The van der Waals surface area contributed by atoms with Gasteiger partial charge in [0.1, 0.15) is 0 Å². The van der Waals surface area contributed by atoms with Crippen molar-refractivity contribution in [2.75, 3.05) is 0 Å². The topological polar surface area (TPSA) is 20.2 Å². The Bertz CT molecular complexity index is 384. The molecule has 0 amide bonds. The first kappa shape index (κ1) is 12.2. The van der Waals surface area contributed by atoms with Crippen molar-refractivity contribution in [2.45, 2.75) is 38.2 Å². The molecule has 1 fully saturated rings. The predicted octanol–water partition coefficient (Wildman–Crippen LogP) is 4.39. The lowest BCUT2D eigenvalue weighted by atomic mass is 9.76. The van der Waals surface area contributed by atoms with Crippen LogP contribution >= 0.6 is 23.2 Å². The smallest absolute Gasteiger partial charge is 0.0871 e. The molecule has 1 atom stereocenters. The third kappa shape index (κ3) is 2.53. The maximum Gasteiger partial charge on any atom is 0.0871 e. The summed E-state index contributed by atoms with van der Waals surface area (Å²) in [6.07, 6.45) is 4.57. The molecule has 1 aromatic carbocycles. The molecule has 2 rings (SSSR count). The van der Waals surface area contributed by atoms with Gasteiger partial charge in [-0.3, -0.25) is 0 Å². The van der Waals surface area contributed by atoms with Crippen molar-refractivity contribution in [2.24, 2.45) is 5.92 Å². The number of aliphatic hydroxyl groups is 1. The van der Waals surface area contributed by atoms with E-state index in [1.54, 1.807) is 12.1 Å². The first-order chi connectivity index (χ1) is 7.49. The van der Waals surface area contributed by atoms with Gasteiger partial charge in [0.05, 0.1) is 15.6 Å². The van der Waals surface area contributed by atoms with Crippen LogP contribution in [0, 0.1) is 5.92 Å². The second kappa shape index (κ2) is 4.56. The molecule has 0 heterocycles. The van der Waals surface area contributed by atoms with Crippen molar-refractivity contribution in [3.63, 3.8) is 0 Å². The summed E-state index contributed by atoms with van der Waals surface area (Å²) in [5.74, 6) is 0.657. The van der Waals surface area contributed by atoms with Crippen LogP contribution in [0.2, 0.25) is 10.0 Å². The fourth-order valence-corrected chi connectivity index (χ4v) is 2.51. The van der Waals surface area contributed by atoms with Gasteiger partial charge in [-0.1, -0.05) is 48.5 Å². The minimum Gasteiger partial charge on any atom is -0.385 e. The molecule has 0 aromatic heterocycles. The Hall–Kier alpha value is -0.240. The average molecular weight is 259 g/mol. The number of hydrogen-bond acceptors (Lipinski definition) is 1. The van der Waals surface area contributed by atoms with Gasteiger partial charge in [0.15, 0.2) is 0 Å². The van der Waals surface area contributed by atoms with Crippen LogP contribution < -0.4 is 0 Å². The Morgan fingerprint density at radius 3 is 2.50 bits per heavy atom. The van der Waals surface area contributed by atoms with Crippen LogP contribution in [-0.4, -0.2) is 5.11 Å². The zero-order valence-corrected chi connectivity index (χ0v) is 10.9. The molecule has 16 heavy (non-hydrogen) atoms. The maximum absolute atomic E-state index is 10.4. The van der Waals surface area contributed by atoms with Crippen molar-refractivity contribution < 1.29 is 5.11 Å². The highest BCUT2D eigenvalue weighted by Crippen LogP contribution is 2.39. The highest BCUT2D eigenvalue weighted by molar-refractivity contribution is 6.42. The van der Waals surface area contributed by atoms with E-state index in [-0.39, 0.29) is 0 Å². The van der Waals surface area contributed by atoms with E-state index >= 15 is 0 Å². The van der Waals surface area contributed by atoms with E-state index in [1.807, 2.05) is 13.0 Å². The molecule has 1 nitrogen and oxygen atoms in total. The summed E-state index contributed by atoms with van der Waals surface area (Å²) in [4.78, 5) is 0. The van der Waals surface area contributed by atoms with Crippen molar-refractivity contribution in [3.05, 3.63) is 33.8 Å². The van der Waals surface area contributed by atoms with Gasteiger partial charge in [0, 0.05) is 0 Å². The van der Waals surface area contributed by atoms with E-state index in [0.717, 1.165) is 12.0 Å². The van der Waals surface area contributed by atoms with Crippen LogP contribution in [0.25, 0.3) is 0 Å². The van der Waals surface area contributed by atoms with Gasteiger partial charge in [-0.2, -0.15) is 0 Å². The van der Waals surface area contributed by atoms with Crippen LogP contribution in [-0.2, 0) is 5.60 Å². The predicted molar refractivity (Wildman–Crippen MR) is 68.0 cm³/mol. The highest BCUT2D eigenvalue weighted by Gasteiger charge is 2.30. The lowest BCUT2D eigenvalue weighted by Crippen LogP contribution is -2.27. The first-order valence-electron chi connectivity index (χ1n) is 5.67. The highest BCUT2D eigenvalue weighted by atomic mass is 35.5. The lowest BCUT2D eigenvalue weighted by molar-refractivity contribution is 0.0162. The van der Waals surface area contributed by atoms with Gasteiger partial charge in [0.25, 0.3) is 0 Å². The molecule has 0 aliphatic heterocycles. The van der Waals surface area contributed by atoms with E-state index in [4.69, 9.17) is 23.2 Å². The van der Waals surface area contributed by atoms with E-state index in [1.165, 1.54) is 19.3 Å². The van der Waals surface area contributed by atoms with E-state index in [2.05, 4.69) is 0 Å². The summed E-state index contributed by atoms with van der Waals surface area (Å²) >= 11 is 11.8. The summed E-state index contributed by atoms with van der Waals surface area (Å²) in [5, 5.41) is 11.5. The van der Waals surface area contributed by atoms with Gasteiger partial charge in [0.2, 0.25) is 0 Å². The lowest BCUT2D eigenvalue weighted by Gasteiger charge is -2.33. The molecule has 1 N–H and O–H groups in total. The second-order valence-electron chi connectivity index (χ2n) is 4.90. The van der Waals surface area contributed by atoms with Crippen molar-refractivity contribution in [1.29, 1.82) is 0 Å². The third-order valence-corrected chi connectivity index (χ3v) is 4.19. The summed E-state index contributed by atoms with van der Waals surface area (Å²) in [6, 6.07) is 5.36. The second-order valence-corrected chi connectivity index (χ2v) is 5.72. The minimum atomic E-state index is -0.792.